The third-order valence-corrected chi connectivity index (χ3v) is 18.5. The van der Waals surface area contributed by atoms with Crippen LogP contribution in [-0.4, -0.2) is 83.4 Å². The molecule has 4 aromatic rings. The number of nitrogens with one attached hydrogen (secondary N) is 4. The number of aromatic hydroxyl groups is 1. The van der Waals surface area contributed by atoms with Crippen molar-refractivity contribution in [2.45, 2.75) is 119 Å². The van der Waals surface area contributed by atoms with Gasteiger partial charge in [0.1, 0.15) is 11.2 Å². The number of nitrogens with two attached hydrogens (primary N) is 1. The molecule has 14 atom stereocenters. The zero-order chi connectivity index (χ0) is 48.3. The quantitative estimate of drug-likeness (QED) is 0.0660. The van der Waals surface area contributed by atoms with Gasteiger partial charge in [0.2, 0.25) is 0 Å². The molecule has 3 aromatic carbocycles. The van der Waals surface area contributed by atoms with Crippen LogP contribution in [0.25, 0.3) is 10.8 Å². The van der Waals surface area contributed by atoms with E-state index >= 15 is 0 Å². The molecule has 2 aliphatic heterocycles. The number of aromatic amines is 1. The molecule has 1 saturated heterocycles. The molecule has 9 N–H and O–H groups in total. The highest BCUT2D eigenvalue weighted by molar-refractivity contribution is 5.89. The lowest BCUT2D eigenvalue weighted by molar-refractivity contribution is -0.137. The Balaban J connectivity index is 0.873. The topological polar surface area (TPSA) is 182 Å². The number of aromatic nitrogens is 1. The monoisotopic (exact) mass is 946 g/mol. The van der Waals surface area contributed by atoms with Gasteiger partial charge >= 0.3 is 0 Å². The highest BCUT2D eigenvalue weighted by atomic mass is 16.5. The summed E-state index contributed by atoms with van der Waals surface area (Å²) in [4.78, 5) is 31.6. The number of hydrogen-bond donors (Lipinski definition) is 8. The summed E-state index contributed by atoms with van der Waals surface area (Å²) in [5.41, 5.74) is 11.6. The Morgan fingerprint density at radius 1 is 1.00 bits per heavy atom. The maximum Gasteiger partial charge on any atom is 0.160 e. The molecule has 0 amide bonds. The first-order valence-corrected chi connectivity index (χ1v) is 26.4. The number of allylic oxidation sites excluding steroid dienone is 2. The number of ketones is 2. The van der Waals surface area contributed by atoms with E-state index in [1.165, 1.54) is 18.4 Å². The van der Waals surface area contributed by atoms with Gasteiger partial charge in [-0.05, 0) is 175 Å². The lowest BCUT2D eigenvalue weighted by Crippen LogP contribution is -2.63. The first kappa shape index (κ1) is 47.0. The number of phenols is 1. The first-order chi connectivity index (χ1) is 34.0. The molecule has 4 fully saturated rings. The number of methoxy groups -OCH3 is 1. The Hall–Kier alpha value is -5.38. The molecular weight excluding hydrogens is 875 g/mol. The molecule has 3 heterocycles. The fourth-order valence-electron chi connectivity index (χ4n) is 15.2. The number of aliphatic hydroxyl groups excluding tert-OH is 2. The largest absolute Gasteiger partial charge is 0.504 e. The summed E-state index contributed by atoms with van der Waals surface area (Å²) in [5.74, 6) is 10.8. The van der Waals surface area contributed by atoms with Crippen LogP contribution in [0.2, 0.25) is 0 Å². The Labute approximate surface area is 412 Å². The van der Waals surface area contributed by atoms with Gasteiger partial charge in [0.05, 0.1) is 25.1 Å². The van der Waals surface area contributed by atoms with E-state index in [9.17, 15) is 24.9 Å². The number of rotatable bonds is 12. The molecule has 1 spiro atoms. The number of phenolic OH excluding ortho intramolecular Hbond substituents is 1. The molecule has 11 rings (SSSR count). The Morgan fingerprint density at radius 3 is 2.67 bits per heavy atom. The molecule has 1 aromatic heterocycles. The summed E-state index contributed by atoms with van der Waals surface area (Å²) < 4.78 is 5.58. The van der Waals surface area contributed by atoms with Crippen molar-refractivity contribution >= 4 is 22.3 Å². The van der Waals surface area contributed by atoms with Crippen LogP contribution < -0.4 is 26.4 Å². The predicted octanol–water partition coefficient (Wildman–Crippen LogP) is 7.59. The number of fused-ring (bicyclic) bond motifs is 5. The van der Waals surface area contributed by atoms with E-state index in [0.29, 0.717) is 111 Å². The fraction of sp³-hybridized carbons (Fsp3) is 0.525. The third-order valence-electron chi connectivity index (χ3n) is 18.5. The number of Topliss-reactive ketones (excluding diaryl/α,β-unsaturated/α-hetero) is 2. The normalized spacial score (nSPS) is 33.1. The summed E-state index contributed by atoms with van der Waals surface area (Å²) in [5, 5.41) is 49.0. The van der Waals surface area contributed by atoms with Crippen LogP contribution in [0, 0.1) is 52.8 Å². The summed E-state index contributed by atoms with van der Waals surface area (Å²) >= 11 is 0. The number of aryl methyl sites for hydroxylation is 1. The van der Waals surface area contributed by atoms with Gasteiger partial charge in [-0.2, -0.15) is 0 Å². The van der Waals surface area contributed by atoms with E-state index < -0.39 is 23.5 Å². The third kappa shape index (κ3) is 8.46. The van der Waals surface area contributed by atoms with Crippen molar-refractivity contribution in [1.82, 2.24) is 20.9 Å². The molecule has 11 heteroatoms. The average molecular weight is 946 g/mol. The minimum atomic E-state index is -1.22. The van der Waals surface area contributed by atoms with Crippen molar-refractivity contribution < 1.29 is 29.6 Å². The standard InChI is InChI=1S/C59H71N5O6/c1-3-61-32-48-46(23-40-31-64-49-29-42(66)28-47-43-17-21-63-58(43)57(48)55(40)56(47)49)38-15-19-59(53(69)25-38)18-14-34(45-30-50(67)51(70-2)24-37(45)11-13-52(59)68)10-12-41(65)27-44(39-16-20-62-54(60)26-39)36-9-8-33-6-4-5-7-35(33)22-36/h4-9,16-17,21-22,24,26,30,34,38,40-41,44,46-49,53,55-57,61-65,67,69H,3,10-13,15,19-20,23,25,27-29,31-32,60H2,1-2H3/t34-,38-,40-,41-,44-,46+,47-,48+,49-,53+,55-,56-,57-,59+/m0/s1. The minimum absolute atomic E-state index is 0.00970. The molecule has 0 unspecified atom stereocenters. The van der Waals surface area contributed by atoms with Crippen molar-refractivity contribution in [1.29, 1.82) is 0 Å². The molecule has 0 bridgehead atoms. The zero-order valence-electron chi connectivity index (χ0n) is 40.8. The van der Waals surface area contributed by atoms with Crippen molar-refractivity contribution in [3.8, 4) is 23.3 Å². The lowest BCUT2D eigenvalue weighted by atomic mass is 9.46. The number of dihydropyridines is 1. The smallest absolute Gasteiger partial charge is 0.160 e. The maximum absolute atomic E-state index is 14.8. The van der Waals surface area contributed by atoms with Crippen LogP contribution in [0.3, 0.4) is 0 Å². The van der Waals surface area contributed by atoms with E-state index in [2.05, 4.69) is 88.4 Å². The van der Waals surface area contributed by atoms with E-state index in [1.807, 2.05) is 24.3 Å². The van der Waals surface area contributed by atoms with Crippen molar-refractivity contribution in [2.24, 2.45) is 46.7 Å². The van der Waals surface area contributed by atoms with Crippen LogP contribution in [0.4, 0.5) is 0 Å². The Bertz CT molecular complexity index is 2770. The second kappa shape index (κ2) is 19.3. The van der Waals surface area contributed by atoms with Crippen molar-refractivity contribution in [3.05, 3.63) is 118 Å². The Morgan fingerprint density at radius 2 is 1.86 bits per heavy atom. The summed E-state index contributed by atoms with van der Waals surface area (Å²) in [6.07, 6.45) is 10.7. The van der Waals surface area contributed by atoms with Gasteiger partial charge in [0, 0.05) is 61.5 Å². The molecule has 3 saturated carbocycles. The number of H-pyrrole nitrogens is 1. The van der Waals surface area contributed by atoms with Gasteiger partial charge in [0.15, 0.2) is 17.3 Å². The molecule has 7 aliphatic rings. The zero-order valence-corrected chi connectivity index (χ0v) is 40.8. The van der Waals surface area contributed by atoms with E-state index in [4.69, 9.17) is 10.5 Å². The van der Waals surface area contributed by atoms with Gasteiger partial charge in [-0.15, -0.1) is 0 Å². The molecule has 5 aliphatic carbocycles. The lowest BCUT2D eigenvalue weighted by Gasteiger charge is -2.61. The average Bonchev–Trinajstić information content (AvgIpc) is 3.88. The van der Waals surface area contributed by atoms with Gasteiger partial charge in [-0.3, -0.25) is 9.59 Å². The molecule has 11 nitrogen and oxygen atoms in total. The second-order valence-electron chi connectivity index (χ2n) is 22.0. The van der Waals surface area contributed by atoms with Gasteiger partial charge < -0.3 is 46.7 Å². The predicted molar refractivity (Wildman–Crippen MR) is 272 cm³/mol. The van der Waals surface area contributed by atoms with Gasteiger partial charge in [0.25, 0.3) is 0 Å². The number of benzene rings is 3. The van der Waals surface area contributed by atoms with Gasteiger partial charge in [-0.25, -0.2) is 0 Å². The molecular formula is C59H71N5O6. The number of carbonyl (C=O) groups excluding carboxylic acids is 2. The van der Waals surface area contributed by atoms with E-state index in [1.54, 1.807) is 6.07 Å². The van der Waals surface area contributed by atoms with E-state index in [0.717, 1.165) is 65.5 Å². The maximum atomic E-state index is 14.8. The van der Waals surface area contributed by atoms with E-state index in [-0.39, 0.29) is 41.7 Å². The first-order valence-electron chi connectivity index (χ1n) is 26.4. The molecule has 0 radical (unpaired) electrons. The van der Waals surface area contributed by atoms with Crippen LogP contribution in [0.15, 0.2) is 90.4 Å². The van der Waals surface area contributed by atoms with Crippen LogP contribution in [-0.2, 0) is 16.0 Å². The second-order valence-corrected chi connectivity index (χ2v) is 22.0. The number of ether oxygens (including phenoxy) is 1. The fourth-order valence-corrected chi connectivity index (χ4v) is 15.2. The van der Waals surface area contributed by atoms with Crippen molar-refractivity contribution in [3.63, 3.8) is 0 Å². The van der Waals surface area contributed by atoms with Crippen LogP contribution >= 0.6 is 0 Å². The molecule has 368 valence electrons. The Kier molecular flexibility index (Phi) is 13.0. The van der Waals surface area contributed by atoms with Crippen molar-refractivity contribution in [2.75, 3.05) is 33.3 Å². The highest BCUT2D eigenvalue weighted by Gasteiger charge is 2.60. The number of piperidine rings is 1. The number of hydrogen-bond acceptors (Lipinski definition) is 10. The van der Waals surface area contributed by atoms with Crippen LogP contribution in [0.1, 0.15) is 123 Å². The number of carbonyl (C=O) groups is 2. The van der Waals surface area contributed by atoms with Gasteiger partial charge in [-0.1, -0.05) is 67.3 Å². The molecule has 70 heavy (non-hydrogen) atoms. The highest BCUT2D eigenvalue weighted by Crippen LogP contribution is 2.63. The van der Waals surface area contributed by atoms with Crippen LogP contribution in [0.5, 0.6) is 11.5 Å². The minimum Gasteiger partial charge on any atom is -0.504 e. The SMILES string of the molecule is CCNC[C@@H]1[C@@H]([C@H]2CC[C@@]3(C#C[C@H](CC[C@H](O)C[C@H](C4=CCNC(N)=C4)c4ccc5ccccc5c4)c4cc(O)c(OC)cc4CCC3=O)[C@H](O)C2)C[C@H]2CN[C@H]3CC(=O)C[C@H]4c5cc[nH]c5[C@@H]1[C@@H]2[C@H]34. The summed E-state index contributed by atoms with van der Waals surface area (Å²) in [6.45, 7) is 5.47. The summed E-state index contributed by atoms with van der Waals surface area (Å²) in [7, 11) is 1.53. The number of aliphatic hydroxyl groups is 2. The summed E-state index contributed by atoms with van der Waals surface area (Å²) in [6, 6.07) is 20.8.